The molecule has 2 atom stereocenters. The number of aryl methyl sites for hydroxylation is 1. The molecule has 172 valence electrons. The molecule has 2 fully saturated rings. The lowest BCUT2D eigenvalue weighted by Gasteiger charge is -2.21. The van der Waals surface area contributed by atoms with Crippen molar-refractivity contribution in [1.29, 1.82) is 0 Å². The van der Waals surface area contributed by atoms with Gasteiger partial charge in [-0.15, -0.1) is 0 Å². The van der Waals surface area contributed by atoms with E-state index < -0.39 is 15.8 Å². The molecule has 0 spiro atoms. The first-order chi connectivity index (χ1) is 15.3. The highest BCUT2D eigenvalue weighted by Crippen LogP contribution is 2.35. The van der Waals surface area contributed by atoms with Crippen LogP contribution in [0.5, 0.6) is 0 Å². The van der Waals surface area contributed by atoms with Crippen molar-refractivity contribution >= 4 is 27.6 Å². The Morgan fingerprint density at radius 2 is 1.88 bits per heavy atom. The van der Waals surface area contributed by atoms with Crippen molar-refractivity contribution in [2.24, 2.45) is 13.0 Å². The molecule has 1 aliphatic heterocycles. The molecule has 10 heteroatoms. The number of rotatable bonds is 7. The molecule has 2 aliphatic rings. The standard InChI is InChI=1S/C22H29N5O4S/c1-23-22(29)27-12-9-15(14-27)13-19(21(28)24-20-10-11-26(2)25-20)16-3-5-17(6-4-16)32(30,31)18-7-8-18/h3-6,10-11,15,18-19H,7-9,12-14H2,1-2H3,(H,23,29)(H,24,25,28)/t15-,19?/m1/s1. The fourth-order valence-electron chi connectivity index (χ4n) is 4.25. The van der Waals surface area contributed by atoms with Gasteiger partial charge in [0.05, 0.1) is 16.1 Å². The zero-order valence-electron chi connectivity index (χ0n) is 18.3. The molecule has 2 aromatic rings. The Morgan fingerprint density at radius 3 is 2.47 bits per heavy atom. The lowest BCUT2D eigenvalue weighted by Crippen LogP contribution is -2.36. The normalized spacial score (nSPS) is 19.6. The number of likely N-dealkylation sites (tertiary alicyclic amines) is 1. The molecule has 1 saturated carbocycles. The van der Waals surface area contributed by atoms with Gasteiger partial charge in [0.15, 0.2) is 15.7 Å². The summed E-state index contributed by atoms with van der Waals surface area (Å²) in [5.74, 6) is -0.0419. The van der Waals surface area contributed by atoms with E-state index in [1.165, 1.54) is 0 Å². The van der Waals surface area contributed by atoms with Crippen LogP contribution in [-0.2, 0) is 21.7 Å². The van der Waals surface area contributed by atoms with Gasteiger partial charge >= 0.3 is 6.03 Å². The topological polar surface area (TPSA) is 113 Å². The van der Waals surface area contributed by atoms with Crippen LogP contribution in [0.2, 0.25) is 0 Å². The summed E-state index contributed by atoms with van der Waals surface area (Å²) in [4.78, 5) is 27.2. The van der Waals surface area contributed by atoms with Gasteiger partial charge in [-0.1, -0.05) is 12.1 Å². The van der Waals surface area contributed by atoms with Gasteiger partial charge in [0.1, 0.15) is 0 Å². The van der Waals surface area contributed by atoms with Crippen LogP contribution in [0.25, 0.3) is 0 Å². The number of benzene rings is 1. The predicted molar refractivity (Wildman–Crippen MR) is 120 cm³/mol. The van der Waals surface area contributed by atoms with Crippen LogP contribution in [0, 0.1) is 5.92 Å². The van der Waals surface area contributed by atoms with Gasteiger partial charge in [0.2, 0.25) is 5.91 Å². The molecule has 2 N–H and O–H groups in total. The average Bonchev–Trinajstić information content (AvgIpc) is 3.42. The smallest absolute Gasteiger partial charge is 0.317 e. The first-order valence-corrected chi connectivity index (χ1v) is 12.4. The van der Waals surface area contributed by atoms with Gasteiger partial charge in [0, 0.05) is 39.4 Å². The second-order valence-electron chi connectivity index (χ2n) is 8.62. The highest BCUT2D eigenvalue weighted by molar-refractivity contribution is 7.92. The first kappa shape index (κ1) is 22.3. The fraction of sp³-hybridized carbons (Fsp3) is 0.500. The van der Waals surface area contributed by atoms with Crippen LogP contribution >= 0.6 is 0 Å². The minimum Gasteiger partial charge on any atom is -0.341 e. The van der Waals surface area contributed by atoms with Crippen molar-refractivity contribution in [3.63, 3.8) is 0 Å². The Kier molecular flexibility index (Phi) is 6.23. The van der Waals surface area contributed by atoms with E-state index in [9.17, 15) is 18.0 Å². The third kappa shape index (κ3) is 4.79. The number of carbonyl (C=O) groups excluding carboxylic acids is 2. The number of sulfone groups is 1. The number of carbonyl (C=O) groups is 2. The second kappa shape index (κ2) is 8.93. The monoisotopic (exact) mass is 459 g/mol. The summed E-state index contributed by atoms with van der Waals surface area (Å²) < 4.78 is 26.7. The minimum atomic E-state index is -3.28. The highest BCUT2D eigenvalue weighted by atomic mass is 32.2. The molecule has 32 heavy (non-hydrogen) atoms. The van der Waals surface area contributed by atoms with E-state index in [1.54, 1.807) is 60.2 Å². The predicted octanol–water partition coefficient (Wildman–Crippen LogP) is 2.13. The number of nitrogens with zero attached hydrogens (tertiary/aromatic N) is 3. The summed E-state index contributed by atoms with van der Waals surface area (Å²) in [7, 11) is 0.102. The molecule has 0 radical (unpaired) electrons. The van der Waals surface area contributed by atoms with Gasteiger partial charge in [0.25, 0.3) is 0 Å². The number of amides is 3. The molecule has 4 rings (SSSR count). The van der Waals surface area contributed by atoms with Crippen molar-refractivity contribution in [2.75, 3.05) is 25.5 Å². The Labute approximate surface area is 188 Å². The maximum absolute atomic E-state index is 13.2. The molecule has 1 aliphatic carbocycles. The number of nitrogens with one attached hydrogen (secondary N) is 2. The molecular formula is C22H29N5O4S. The summed E-state index contributed by atoms with van der Waals surface area (Å²) in [5.41, 5.74) is 0.756. The Bertz CT molecular complexity index is 1090. The number of aromatic nitrogens is 2. The summed E-state index contributed by atoms with van der Waals surface area (Å²) >= 11 is 0. The zero-order chi connectivity index (χ0) is 22.9. The molecular weight excluding hydrogens is 430 g/mol. The van der Waals surface area contributed by atoms with Crippen molar-refractivity contribution in [1.82, 2.24) is 20.0 Å². The molecule has 2 heterocycles. The van der Waals surface area contributed by atoms with E-state index in [4.69, 9.17) is 0 Å². The van der Waals surface area contributed by atoms with Gasteiger partial charge in [-0.3, -0.25) is 9.48 Å². The molecule has 0 bridgehead atoms. The van der Waals surface area contributed by atoms with Gasteiger partial charge in [-0.2, -0.15) is 5.10 Å². The SMILES string of the molecule is CNC(=O)N1CC[C@H](CC(C(=O)Nc2ccn(C)n2)c2ccc(S(=O)(=O)C3CC3)cc2)C1. The van der Waals surface area contributed by atoms with Crippen LogP contribution in [0.4, 0.5) is 10.6 Å². The van der Waals surface area contributed by atoms with E-state index in [2.05, 4.69) is 15.7 Å². The van der Waals surface area contributed by atoms with Gasteiger partial charge < -0.3 is 15.5 Å². The summed E-state index contributed by atoms with van der Waals surface area (Å²) in [6.07, 6.45) is 4.54. The number of anilines is 1. The summed E-state index contributed by atoms with van der Waals surface area (Å²) in [5, 5.41) is 9.47. The highest BCUT2D eigenvalue weighted by Gasteiger charge is 2.37. The third-order valence-corrected chi connectivity index (χ3v) is 8.49. The van der Waals surface area contributed by atoms with Crippen molar-refractivity contribution in [2.45, 2.75) is 41.7 Å². The van der Waals surface area contributed by atoms with Crippen molar-refractivity contribution < 1.29 is 18.0 Å². The second-order valence-corrected chi connectivity index (χ2v) is 10.8. The van der Waals surface area contributed by atoms with E-state index in [1.807, 2.05) is 0 Å². The van der Waals surface area contributed by atoms with E-state index >= 15 is 0 Å². The van der Waals surface area contributed by atoms with Crippen LogP contribution < -0.4 is 10.6 Å². The maximum Gasteiger partial charge on any atom is 0.317 e. The molecule has 1 unspecified atom stereocenters. The zero-order valence-corrected chi connectivity index (χ0v) is 19.1. The average molecular weight is 460 g/mol. The van der Waals surface area contributed by atoms with Crippen LogP contribution in [0.15, 0.2) is 41.4 Å². The lowest BCUT2D eigenvalue weighted by atomic mass is 9.87. The van der Waals surface area contributed by atoms with Crippen LogP contribution in [0.3, 0.4) is 0 Å². The van der Waals surface area contributed by atoms with Gasteiger partial charge in [-0.25, -0.2) is 13.2 Å². The Morgan fingerprint density at radius 1 is 1.16 bits per heavy atom. The molecule has 3 amide bonds. The van der Waals surface area contributed by atoms with Crippen molar-refractivity contribution in [3.8, 4) is 0 Å². The largest absolute Gasteiger partial charge is 0.341 e. The number of hydrogen-bond donors (Lipinski definition) is 2. The molecule has 1 aromatic heterocycles. The van der Waals surface area contributed by atoms with Crippen LogP contribution in [0.1, 0.15) is 37.2 Å². The van der Waals surface area contributed by atoms with Gasteiger partial charge in [-0.05, 0) is 49.3 Å². The minimum absolute atomic E-state index is 0.114. The Balaban J connectivity index is 1.54. The first-order valence-electron chi connectivity index (χ1n) is 10.9. The number of hydrogen-bond acceptors (Lipinski definition) is 5. The van der Waals surface area contributed by atoms with E-state index in [0.717, 1.165) is 12.0 Å². The molecule has 9 nitrogen and oxygen atoms in total. The van der Waals surface area contributed by atoms with E-state index in [-0.39, 0.29) is 23.1 Å². The van der Waals surface area contributed by atoms with Crippen LogP contribution in [-0.4, -0.2) is 60.4 Å². The third-order valence-electron chi connectivity index (χ3n) is 6.21. The molecule has 1 aromatic carbocycles. The summed E-state index contributed by atoms with van der Waals surface area (Å²) in [6, 6.07) is 8.30. The van der Waals surface area contributed by atoms with E-state index in [0.29, 0.717) is 43.1 Å². The maximum atomic E-state index is 13.2. The van der Waals surface area contributed by atoms with Crippen molar-refractivity contribution in [3.05, 3.63) is 42.1 Å². The quantitative estimate of drug-likeness (QED) is 0.659. The number of urea groups is 1. The fourth-order valence-corrected chi connectivity index (χ4v) is 5.91. The summed E-state index contributed by atoms with van der Waals surface area (Å²) in [6.45, 7) is 1.23. The lowest BCUT2D eigenvalue weighted by molar-refractivity contribution is -0.118. The molecule has 1 saturated heterocycles. The Hall–Kier alpha value is -2.88.